The molecule has 3 rings (SSSR count). The number of amides is 1. The fraction of sp³-hybridized carbons (Fsp3) is 0.278. The van der Waals surface area contributed by atoms with Crippen LogP contribution in [-0.2, 0) is 4.79 Å². The number of nitrogens with zero attached hydrogens (tertiary/aromatic N) is 2. The van der Waals surface area contributed by atoms with Gasteiger partial charge in [0.05, 0.1) is 11.1 Å². The first kappa shape index (κ1) is 17.8. The van der Waals surface area contributed by atoms with Crippen molar-refractivity contribution in [3.05, 3.63) is 41.8 Å². The zero-order chi connectivity index (χ0) is 18.0. The lowest BCUT2D eigenvalue weighted by Gasteiger charge is -2.20. The highest BCUT2D eigenvalue weighted by molar-refractivity contribution is 8.00. The summed E-state index contributed by atoms with van der Waals surface area (Å²) in [5.41, 5.74) is 1.60. The van der Waals surface area contributed by atoms with Crippen molar-refractivity contribution in [2.75, 3.05) is 5.75 Å². The maximum Gasteiger partial charge on any atom is 0.230 e. The van der Waals surface area contributed by atoms with Gasteiger partial charge in [-0.15, -0.1) is 11.3 Å². The number of carbonyl (C=O) groups is 1. The quantitative estimate of drug-likeness (QED) is 0.539. The molecule has 4 nitrogen and oxygen atoms in total. The number of nitrogens with one attached hydrogen (secondary N) is 1. The summed E-state index contributed by atoms with van der Waals surface area (Å²) in [6.45, 7) is 5.85. The van der Waals surface area contributed by atoms with Crippen molar-refractivity contribution in [1.82, 2.24) is 15.3 Å². The molecule has 25 heavy (non-hydrogen) atoms. The number of aromatic nitrogens is 2. The first-order chi connectivity index (χ1) is 11.8. The van der Waals surface area contributed by atoms with Crippen molar-refractivity contribution in [2.45, 2.75) is 31.3 Å². The highest BCUT2D eigenvalue weighted by atomic mass is 32.2. The van der Waals surface area contributed by atoms with Gasteiger partial charge in [-0.05, 0) is 38.5 Å². The maximum absolute atomic E-state index is 13.2. The summed E-state index contributed by atoms with van der Waals surface area (Å²) in [7, 11) is 0. The normalized spacial score (nSPS) is 11.7. The second-order valence-corrected chi connectivity index (χ2v) is 8.42. The molecule has 1 aromatic carbocycles. The Labute approximate surface area is 153 Å². The zero-order valence-electron chi connectivity index (χ0n) is 14.2. The molecule has 0 aliphatic carbocycles. The number of halogens is 1. The summed E-state index contributed by atoms with van der Waals surface area (Å²) in [4.78, 5) is 21.6. The molecule has 0 saturated carbocycles. The molecule has 2 heterocycles. The first-order valence-corrected chi connectivity index (χ1v) is 9.62. The van der Waals surface area contributed by atoms with E-state index >= 15 is 0 Å². The Kier molecular flexibility index (Phi) is 5.06. The van der Waals surface area contributed by atoms with Crippen LogP contribution in [0.3, 0.4) is 0 Å². The van der Waals surface area contributed by atoms with Crippen molar-refractivity contribution < 1.29 is 9.18 Å². The Morgan fingerprint density at radius 3 is 2.64 bits per heavy atom. The minimum Gasteiger partial charge on any atom is -0.351 e. The van der Waals surface area contributed by atoms with Gasteiger partial charge in [-0.3, -0.25) is 4.79 Å². The average Bonchev–Trinajstić information content (AvgIpc) is 2.97. The van der Waals surface area contributed by atoms with Crippen LogP contribution in [0.1, 0.15) is 20.8 Å². The average molecular weight is 375 g/mol. The van der Waals surface area contributed by atoms with Crippen molar-refractivity contribution >= 4 is 39.2 Å². The van der Waals surface area contributed by atoms with E-state index < -0.39 is 0 Å². The van der Waals surface area contributed by atoms with Crippen LogP contribution in [0, 0.1) is 5.82 Å². The number of hydrogen-bond acceptors (Lipinski definition) is 5. The molecule has 0 atom stereocenters. The molecule has 0 unspecified atom stereocenters. The fourth-order valence-corrected chi connectivity index (χ4v) is 4.18. The third-order valence-corrected chi connectivity index (χ3v) is 5.22. The molecular formula is C18H18FN3OS2. The van der Waals surface area contributed by atoms with E-state index in [-0.39, 0.29) is 23.0 Å². The number of carbonyl (C=O) groups excluding carboxylic acids is 1. The minimum absolute atomic E-state index is 0.0391. The molecule has 0 radical (unpaired) electrons. The third-order valence-electron chi connectivity index (χ3n) is 3.35. The highest BCUT2D eigenvalue weighted by Crippen LogP contribution is 2.37. The molecule has 0 fully saturated rings. The van der Waals surface area contributed by atoms with Gasteiger partial charge in [-0.2, -0.15) is 0 Å². The third kappa shape index (κ3) is 4.35. The van der Waals surface area contributed by atoms with Crippen LogP contribution in [0.25, 0.3) is 21.3 Å². The highest BCUT2D eigenvalue weighted by Gasteiger charge is 2.17. The molecule has 0 spiro atoms. The molecule has 1 N–H and O–H groups in total. The summed E-state index contributed by atoms with van der Waals surface area (Å²) in [6, 6.07) is 6.35. The number of fused-ring (bicyclic) bond motifs is 1. The summed E-state index contributed by atoms with van der Waals surface area (Å²) in [5, 5.41) is 6.60. The number of benzene rings is 1. The Hall–Kier alpha value is -1.99. The van der Waals surface area contributed by atoms with E-state index in [9.17, 15) is 9.18 Å². The molecule has 1 amide bonds. The van der Waals surface area contributed by atoms with Gasteiger partial charge in [0.2, 0.25) is 5.91 Å². The largest absolute Gasteiger partial charge is 0.351 e. The predicted octanol–water partition coefficient (Wildman–Crippen LogP) is 4.50. The molecule has 0 bridgehead atoms. The van der Waals surface area contributed by atoms with Gasteiger partial charge < -0.3 is 5.32 Å². The number of thioether (sulfide) groups is 1. The molecule has 130 valence electrons. The number of thiophene rings is 1. The van der Waals surface area contributed by atoms with E-state index in [1.54, 1.807) is 12.1 Å². The van der Waals surface area contributed by atoms with Gasteiger partial charge >= 0.3 is 0 Å². The van der Waals surface area contributed by atoms with Crippen LogP contribution in [-0.4, -0.2) is 27.2 Å². The van der Waals surface area contributed by atoms with E-state index in [4.69, 9.17) is 0 Å². The van der Waals surface area contributed by atoms with Crippen LogP contribution < -0.4 is 5.32 Å². The van der Waals surface area contributed by atoms with Crippen LogP contribution in [0.2, 0.25) is 0 Å². The lowest BCUT2D eigenvalue weighted by molar-refractivity contribution is -0.119. The lowest BCUT2D eigenvalue weighted by Crippen LogP contribution is -2.41. The van der Waals surface area contributed by atoms with Crippen LogP contribution in [0.5, 0.6) is 0 Å². The Bertz CT molecular complexity index is 901. The second-order valence-electron chi connectivity index (χ2n) is 6.60. The Balaban J connectivity index is 1.90. The van der Waals surface area contributed by atoms with Gasteiger partial charge in [0.25, 0.3) is 0 Å². The Morgan fingerprint density at radius 1 is 1.24 bits per heavy atom. The Morgan fingerprint density at radius 2 is 1.96 bits per heavy atom. The molecule has 3 aromatic rings. The fourth-order valence-electron chi connectivity index (χ4n) is 2.39. The summed E-state index contributed by atoms with van der Waals surface area (Å²) >= 11 is 2.90. The van der Waals surface area contributed by atoms with Gasteiger partial charge in [0.15, 0.2) is 0 Å². The standard InChI is InChI=1S/C18H18FN3OS2/c1-18(2,3)22-14(23)9-25-17-15-13(8-24-16(15)20-10-21-17)11-4-6-12(19)7-5-11/h4-8,10H,9H2,1-3H3,(H,22,23). The molecule has 0 aliphatic heterocycles. The lowest BCUT2D eigenvalue weighted by atomic mass is 10.1. The van der Waals surface area contributed by atoms with Gasteiger partial charge in [0.1, 0.15) is 22.0 Å². The predicted molar refractivity (Wildman–Crippen MR) is 101 cm³/mol. The summed E-state index contributed by atoms with van der Waals surface area (Å²) < 4.78 is 13.2. The molecular weight excluding hydrogens is 357 g/mol. The van der Waals surface area contributed by atoms with Crippen molar-refractivity contribution in [1.29, 1.82) is 0 Å². The minimum atomic E-state index is -0.270. The van der Waals surface area contributed by atoms with E-state index in [1.165, 1.54) is 41.6 Å². The van der Waals surface area contributed by atoms with E-state index in [1.807, 2.05) is 26.2 Å². The van der Waals surface area contributed by atoms with Crippen molar-refractivity contribution in [3.8, 4) is 11.1 Å². The van der Waals surface area contributed by atoms with E-state index in [0.29, 0.717) is 0 Å². The molecule has 7 heteroatoms. The summed E-state index contributed by atoms with van der Waals surface area (Å²) in [6.07, 6.45) is 1.51. The van der Waals surface area contributed by atoms with Gasteiger partial charge in [-0.25, -0.2) is 14.4 Å². The molecule has 2 aromatic heterocycles. The van der Waals surface area contributed by atoms with Gasteiger partial charge in [-0.1, -0.05) is 23.9 Å². The summed E-state index contributed by atoms with van der Waals surface area (Å²) in [5.74, 6) is -0.0296. The van der Waals surface area contributed by atoms with E-state index in [0.717, 1.165) is 26.4 Å². The molecule has 0 aliphatic rings. The smallest absolute Gasteiger partial charge is 0.230 e. The topological polar surface area (TPSA) is 54.9 Å². The van der Waals surface area contributed by atoms with Crippen LogP contribution >= 0.6 is 23.1 Å². The second kappa shape index (κ2) is 7.09. The first-order valence-electron chi connectivity index (χ1n) is 7.75. The van der Waals surface area contributed by atoms with Crippen molar-refractivity contribution in [3.63, 3.8) is 0 Å². The van der Waals surface area contributed by atoms with Crippen LogP contribution in [0.15, 0.2) is 41.0 Å². The SMILES string of the molecule is CC(C)(C)NC(=O)CSc1ncnc2scc(-c3ccc(F)cc3)c12. The van der Waals surface area contributed by atoms with Gasteiger partial charge in [0, 0.05) is 16.5 Å². The number of rotatable bonds is 4. The van der Waals surface area contributed by atoms with Crippen LogP contribution in [0.4, 0.5) is 4.39 Å². The maximum atomic E-state index is 13.2. The monoisotopic (exact) mass is 375 g/mol. The van der Waals surface area contributed by atoms with Crippen molar-refractivity contribution in [2.24, 2.45) is 0 Å². The zero-order valence-corrected chi connectivity index (χ0v) is 15.8. The molecule has 0 saturated heterocycles. The van der Waals surface area contributed by atoms with E-state index in [2.05, 4.69) is 15.3 Å². The number of hydrogen-bond donors (Lipinski definition) is 1.